The van der Waals surface area contributed by atoms with E-state index >= 15 is 0 Å². The molecule has 0 fully saturated rings. The van der Waals surface area contributed by atoms with Crippen LogP contribution in [0.2, 0.25) is 5.02 Å². The number of ether oxygens (including phenoxy) is 2. The van der Waals surface area contributed by atoms with Gasteiger partial charge < -0.3 is 14.8 Å². The monoisotopic (exact) mass is 407 g/mol. The molecule has 1 aromatic heterocycles. The summed E-state index contributed by atoms with van der Waals surface area (Å²) < 4.78 is 10.7. The Kier molecular flexibility index (Phi) is 6.39. The van der Waals surface area contributed by atoms with Crippen LogP contribution in [0.1, 0.15) is 41.1 Å². The second-order valence-electron chi connectivity index (χ2n) is 6.54. The molecule has 0 saturated heterocycles. The topological polar surface area (TPSA) is 64.6 Å². The van der Waals surface area contributed by atoms with Gasteiger partial charge in [0.15, 0.2) is 6.61 Å². The summed E-state index contributed by atoms with van der Waals surface area (Å²) in [5.41, 5.74) is 1.51. The van der Waals surface area contributed by atoms with E-state index in [2.05, 4.69) is 12.2 Å². The molecule has 0 saturated carbocycles. The molecule has 27 heavy (non-hydrogen) atoms. The molecule has 0 bridgehead atoms. The lowest BCUT2D eigenvalue weighted by atomic mass is 9.88. The zero-order chi connectivity index (χ0) is 19.4. The highest BCUT2D eigenvalue weighted by Crippen LogP contribution is 2.40. The lowest BCUT2D eigenvalue weighted by Crippen LogP contribution is -2.21. The van der Waals surface area contributed by atoms with Crippen LogP contribution in [0, 0.1) is 5.92 Å². The summed E-state index contributed by atoms with van der Waals surface area (Å²) in [6.07, 6.45) is 2.77. The average Bonchev–Trinajstić information content (AvgIpc) is 2.98. The molecule has 1 aliphatic rings. The third kappa shape index (κ3) is 4.62. The first-order valence-electron chi connectivity index (χ1n) is 8.98. The van der Waals surface area contributed by atoms with E-state index in [-0.39, 0.29) is 18.5 Å². The fourth-order valence-electron chi connectivity index (χ4n) is 3.13. The maximum Gasteiger partial charge on any atom is 0.341 e. The van der Waals surface area contributed by atoms with E-state index in [4.69, 9.17) is 21.1 Å². The first kappa shape index (κ1) is 19.7. The van der Waals surface area contributed by atoms with Crippen molar-refractivity contribution in [2.75, 3.05) is 18.5 Å². The normalized spacial score (nSPS) is 15.7. The summed E-state index contributed by atoms with van der Waals surface area (Å²) in [5.74, 6) is 0.288. The minimum absolute atomic E-state index is 0.190. The molecule has 0 aliphatic heterocycles. The molecule has 1 aliphatic carbocycles. The fourth-order valence-corrected chi connectivity index (χ4v) is 4.73. The Morgan fingerprint density at radius 1 is 1.33 bits per heavy atom. The molecule has 5 nitrogen and oxygen atoms in total. The van der Waals surface area contributed by atoms with Gasteiger partial charge in [-0.3, -0.25) is 4.79 Å². The van der Waals surface area contributed by atoms with Crippen molar-refractivity contribution in [3.8, 4) is 5.75 Å². The van der Waals surface area contributed by atoms with Crippen molar-refractivity contribution < 1.29 is 19.1 Å². The van der Waals surface area contributed by atoms with Gasteiger partial charge in [-0.2, -0.15) is 0 Å². The van der Waals surface area contributed by atoms with Crippen LogP contribution in [0.25, 0.3) is 0 Å². The molecule has 1 amide bonds. The molecule has 1 N–H and O–H groups in total. The van der Waals surface area contributed by atoms with E-state index < -0.39 is 0 Å². The van der Waals surface area contributed by atoms with Crippen LogP contribution in [0.3, 0.4) is 0 Å². The van der Waals surface area contributed by atoms with Gasteiger partial charge in [0.1, 0.15) is 10.8 Å². The van der Waals surface area contributed by atoms with Crippen LogP contribution in [0.4, 0.5) is 5.00 Å². The molecule has 1 aromatic carbocycles. The first-order chi connectivity index (χ1) is 13.0. The second kappa shape index (κ2) is 8.76. The molecule has 7 heteroatoms. The molecule has 1 heterocycles. The van der Waals surface area contributed by atoms with Crippen LogP contribution < -0.4 is 10.1 Å². The summed E-state index contributed by atoms with van der Waals surface area (Å²) in [7, 11) is 0. The number of thiophene rings is 1. The van der Waals surface area contributed by atoms with Gasteiger partial charge in [0.25, 0.3) is 5.91 Å². The molecular weight excluding hydrogens is 386 g/mol. The number of fused-ring (bicyclic) bond motifs is 1. The number of anilines is 1. The minimum Gasteiger partial charge on any atom is -0.482 e. The highest BCUT2D eigenvalue weighted by Gasteiger charge is 2.29. The molecule has 1 atom stereocenters. The molecule has 0 radical (unpaired) electrons. The van der Waals surface area contributed by atoms with E-state index in [1.165, 1.54) is 11.3 Å². The largest absolute Gasteiger partial charge is 0.482 e. The number of benzene rings is 1. The number of nitrogens with one attached hydrogen (secondary N) is 1. The van der Waals surface area contributed by atoms with Gasteiger partial charge in [-0.15, -0.1) is 11.3 Å². The highest BCUT2D eigenvalue weighted by molar-refractivity contribution is 7.17. The third-order valence-corrected chi connectivity index (χ3v) is 5.92. The van der Waals surface area contributed by atoms with Crippen molar-refractivity contribution in [1.82, 2.24) is 0 Å². The third-order valence-electron chi connectivity index (χ3n) is 4.44. The van der Waals surface area contributed by atoms with Crippen LogP contribution >= 0.6 is 22.9 Å². The Labute approximate surface area is 167 Å². The van der Waals surface area contributed by atoms with Crippen LogP contribution in [0.15, 0.2) is 24.3 Å². The van der Waals surface area contributed by atoms with E-state index in [0.717, 1.165) is 29.7 Å². The van der Waals surface area contributed by atoms with Gasteiger partial charge in [-0.1, -0.05) is 30.7 Å². The van der Waals surface area contributed by atoms with Gasteiger partial charge in [-0.25, -0.2) is 4.79 Å². The molecule has 3 rings (SSSR count). The van der Waals surface area contributed by atoms with Crippen molar-refractivity contribution in [2.45, 2.75) is 33.1 Å². The second-order valence-corrected chi connectivity index (χ2v) is 8.06. The van der Waals surface area contributed by atoms with Crippen molar-refractivity contribution >= 4 is 39.8 Å². The summed E-state index contributed by atoms with van der Waals surface area (Å²) in [4.78, 5) is 26.0. The highest BCUT2D eigenvalue weighted by atomic mass is 35.5. The van der Waals surface area contributed by atoms with E-state index in [1.54, 1.807) is 31.2 Å². The van der Waals surface area contributed by atoms with Crippen LogP contribution in [-0.2, 0) is 22.4 Å². The summed E-state index contributed by atoms with van der Waals surface area (Å²) >= 11 is 7.49. The van der Waals surface area contributed by atoms with E-state index in [1.807, 2.05) is 0 Å². The molecule has 0 unspecified atom stereocenters. The molecular formula is C20H22ClNO4S. The lowest BCUT2D eigenvalue weighted by Gasteiger charge is -2.18. The predicted octanol–water partition coefficient (Wildman–Crippen LogP) is 4.72. The average molecular weight is 408 g/mol. The first-order valence-corrected chi connectivity index (χ1v) is 10.2. The Balaban J connectivity index is 1.76. The molecule has 2 aromatic rings. The zero-order valence-corrected chi connectivity index (χ0v) is 16.9. The van der Waals surface area contributed by atoms with Crippen molar-refractivity contribution in [3.05, 3.63) is 45.3 Å². The number of esters is 1. The lowest BCUT2D eigenvalue weighted by molar-refractivity contribution is -0.118. The number of carbonyl (C=O) groups excluding carboxylic acids is 2. The smallest absolute Gasteiger partial charge is 0.341 e. The van der Waals surface area contributed by atoms with Crippen molar-refractivity contribution in [2.24, 2.45) is 5.92 Å². The number of hydrogen-bond donors (Lipinski definition) is 1. The number of rotatable bonds is 6. The van der Waals surface area contributed by atoms with Crippen molar-refractivity contribution in [3.63, 3.8) is 0 Å². The maximum absolute atomic E-state index is 12.5. The standard InChI is InChI=1S/C20H22ClNO4S/c1-3-25-20(24)18-13-9-8-12(2)10-16(13)27-19(18)22-17(23)11-26-15-7-5-4-6-14(15)21/h4-7,12H,3,8-11H2,1-2H3,(H,22,23)/t12-/m1/s1. The summed E-state index contributed by atoms with van der Waals surface area (Å²) in [6.45, 7) is 4.07. The summed E-state index contributed by atoms with van der Waals surface area (Å²) in [5, 5.41) is 3.81. The SMILES string of the molecule is CCOC(=O)c1c(NC(=O)COc2ccccc2Cl)sc2c1CC[C@@H](C)C2. The quantitative estimate of drug-likeness (QED) is 0.703. The van der Waals surface area contributed by atoms with Gasteiger partial charge in [0, 0.05) is 4.88 Å². The van der Waals surface area contributed by atoms with Crippen LogP contribution in [0.5, 0.6) is 5.75 Å². The number of amides is 1. The Bertz CT molecular complexity index is 849. The Morgan fingerprint density at radius 3 is 2.85 bits per heavy atom. The van der Waals surface area contributed by atoms with E-state index in [0.29, 0.717) is 33.9 Å². The number of para-hydroxylation sites is 1. The Morgan fingerprint density at radius 2 is 2.11 bits per heavy atom. The maximum atomic E-state index is 12.5. The Hall–Kier alpha value is -2.05. The van der Waals surface area contributed by atoms with Gasteiger partial charge in [0.2, 0.25) is 0 Å². The summed E-state index contributed by atoms with van der Waals surface area (Å²) in [6, 6.07) is 6.97. The zero-order valence-electron chi connectivity index (χ0n) is 15.3. The number of halogens is 1. The fraction of sp³-hybridized carbons (Fsp3) is 0.400. The number of hydrogen-bond acceptors (Lipinski definition) is 5. The van der Waals surface area contributed by atoms with Crippen LogP contribution in [-0.4, -0.2) is 25.1 Å². The van der Waals surface area contributed by atoms with Gasteiger partial charge >= 0.3 is 5.97 Å². The predicted molar refractivity (Wildman–Crippen MR) is 107 cm³/mol. The number of carbonyl (C=O) groups is 2. The van der Waals surface area contributed by atoms with E-state index in [9.17, 15) is 9.59 Å². The van der Waals surface area contributed by atoms with Crippen molar-refractivity contribution in [1.29, 1.82) is 0 Å². The minimum atomic E-state index is -0.383. The van der Waals surface area contributed by atoms with Gasteiger partial charge in [0.05, 0.1) is 17.2 Å². The molecule has 0 spiro atoms. The van der Waals surface area contributed by atoms with Gasteiger partial charge in [-0.05, 0) is 49.8 Å². The molecule has 144 valence electrons.